The van der Waals surface area contributed by atoms with Gasteiger partial charge >= 0.3 is 6.09 Å². The van der Waals surface area contributed by atoms with Crippen LogP contribution in [0.1, 0.15) is 34.6 Å². The highest BCUT2D eigenvalue weighted by Crippen LogP contribution is 2.30. The number of amides is 1. The van der Waals surface area contributed by atoms with E-state index < -0.39 is 11.7 Å². The van der Waals surface area contributed by atoms with Crippen LogP contribution in [0.3, 0.4) is 0 Å². The van der Waals surface area contributed by atoms with Gasteiger partial charge in [-0.3, -0.25) is 0 Å². The lowest BCUT2D eigenvalue weighted by Crippen LogP contribution is -2.39. The van der Waals surface area contributed by atoms with E-state index >= 15 is 0 Å². The highest BCUT2D eigenvalue weighted by atomic mass is 32.1. The molecule has 0 aliphatic carbocycles. The minimum atomic E-state index is -0.514. The Morgan fingerprint density at radius 1 is 1.04 bits per heavy atom. The third-order valence-corrected chi connectivity index (χ3v) is 3.13. The molecule has 0 fully saturated rings. The van der Waals surface area contributed by atoms with Gasteiger partial charge in [0, 0.05) is 24.8 Å². The Hall–Kier alpha value is -2.22. The predicted octanol–water partition coefficient (Wildman–Crippen LogP) is 3.30. The van der Waals surface area contributed by atoms with E-state index in [-0.39, 0.29) is 0 Å². The molecule has 0 aliphatic heterocycles. The molecule has 0 saturated heterocycles. The first-order valence-corrected chi connectivity index (χ1v) is 9.07. The summed E-state index contributed by atoms with van der Waals surface area (Å²) in [7, 11) is 0. The van der Waals surface area contributed by atoms with Crippen LogP contribution < -0.4 is 25.4 Å². The Kier molecular flexibility index (Phi) is 8.98. The summed E-state index contributed by atoms with van der Waals surface area (Å²) in [5.41, 5.74) is 0.273. The summed E-state index contributed by atoms with van der Waals surface area (Å²) in [5.74, 6) is 1.36. The predicted molar refractivity (Wildman–Crippen MR) is 107 cm³/mol. The second-order valence-electron chi connectivity index (χ2n) is 6.34. The fourth-order valence-electron chi connectivity index (χ4n) is 1.96. The minimum absolute atomic E-state index is 0.393. The van der Waals surface area contributed by atoms with Crippen LogP contribution in [-0.2, 0) is 4.74 Å². The second kappa shape index (κ2) is 10.7. The number of carbonyl (C=O) groups is 1. The van der Waals surface area contributed by atoms with E-state index in [1.54, 1.807) is 0 Å². The van der Waals surface area contributed by atoms with Crippen molar-refractivity contribution in [3.8, 4) is 11.5 Å². The van der Waals surface area contributed by atoms with Crippen molar-refractivity contribution in [2.75, 3.05) is 31.6 Å². The van der Waals surface area contributed by atoms with E-state index in [0.29, 0.717) is 42.9 Å². The van der Waals surface area contributed by atoms with Crippen LogP contribution in [0, 0.1) is 0 Å². The monoisotopic (exact) mass is 383 g/mol. The molecule has 1 aromatic rings. The van der Waals surface area contributed by atoms with Crippen molar-refractivity contribution in [3.63, 3.8) is 0 Å². The molecule has 0 radical (unpaired) electrons. The quantitative estimate of drug-likeness (QED) is 0.469. The Morgan fingerprint density at radius 3 is 2.27 bits per heavy atom. The average molecular weight is 384 g/mol. The van der Waals surface area contributed by atoms with Crippen LogP contribution in [0.15, 0.2) is 18.2 Å². The molecule has 0 bridgehead atoms. The molecule has 26 heavy (non-hydrogen) atoms. The average Bonchev–Trinajstić information content (AvgIpc) is 2.53. The first-order valence-electron chi connectivity index (χ1n) is 8.66. The largest absolute Gasteiger partial charge is 0.490 e. The van der Waals surface area contributed by atoms with Crippen molar-refractivity contribution < 1.29 is 19.0 Å². The SMILES string of the molecule is CCOc1ccc(NC(=S)NCCNC(=O)OC(C)(C)C)cc1OCC. The van der Waals surface area contributed by atoms with Crippen LogP contribution in [0.25, 0.3) is 0 Å². The van der Waals surface area contributed by atoms with Crippen molar-refractivity contribution in [3.05, 3.63) is 18.2 Å². The molecular weight excluding hydrogens is 354 g/mol. The molecule has 0 unspecified atom stereocenters. The van der Waals surface area contributed by atoms with Gasteiger partial charge in [-0.15, -0.1) is 0 Å². The summed E-state index contributed by atoms with van der Waals surface area (Å²) in [4.78, 5) is 11.5. The number of carbonyl (C=O) groups excluding carboxylic acids is 1. The van der Waals surface area contributed by atoms with Crippen LogP contribution in [-0.4, -0.2) is 43.1 Å². The standard InChI is InChI=1S/C18H29N3O4S/c1-6-23-14-9-8-13(12-15(14)24-7-2)21-16(26)19-10-11-20-17(22)25-18(3,4)5/h8-9,12H,6-7,10-11H2,1-5H3,(H,20,22)(H2,19,21,26). The lowest BCUT2D eigenvalue weighted by Gasteiger charge is -2.19. The first-order chi connectivity index (χ1) is 12.2. The van der Waals surface area contributed by atoms with Crippen molar-refractivity contribution >= 4 is 29.1 Å². The topological polar surface area (TPSA) is 80.9 Å². The first kappa shape index (κ1) is 21.8. The Labute approximate surface area is 160 Å². The van der Waals surface area contributed by atoms with Crippen LogP contribution >= 0.6 is 12.2 Å². The number of hydrogen-bond donors (Lipinski definition) is 3. The highest BCUT2D eigenvalue weighted by Gasteiger charge is 2.15. The summed E-state index contributed by atoms with van der Waals surface area (Å²) in [6.07, 6.45) is -0.453. The molecule has 0 atom stereocenters. The maximum absolute atomic E-state index is 11.5. The molecule has 7 nitrogen and oxygen atoms in total. The number of hydrogen-bond acceptors (Lipinski definition) is 5. The van der Waals surface area contributed by atoms with Crippen molar-refractivity contribution in [1.29, 1.82) is 0 Å². The zero-order valence-corrected chi connectivity index (χ0v) is 16.9. The normalized spacial score (nSPS) is 10.7. The fourth-order valence-corrected chi connectivity index (χ4v) is 2.18. The lowest BCUT2D eigenvalue weighted by atomic mass is 10.2. The second-order valence-corrected chi connectivity index (χ2v) is 6.75. The van der Waals surface area contributed by atoms with Gasteiger partial charge in [0.2, 0.25) is 0 Å². The molecule has 1 amide bonds. The lowest BCUT2D eigenvalue weighted by molar-refractivity contribution is 0.0529. The smallest absolute Gasteiger partial charge is 0.407 e. The van der Waals surface area contributed by atoms with E-state index in [0.717, 1.165) is 5.69 Å². The zero-order chi connectivity index (χ0) is 19.6. The summed E-state index contributed by atoms with van der Waals surface area (Å²) in [6.45, 7) is 11.3. The number of benzene rings is 1. The van der Waals surface area contributed by atoms with E-state index in [2.05, 4.69) is 16.0 Å². The Balaban J connectivity index is 2.43. The molecule has 0 aromatic heterocycles. The van der Waals surface area contributed by atoms with Crippen molar-refractivity contribution in [2.24, 2.45) is 0 Å². The summed E-state index contributed by atoms with van der Waals surface area (Å²) < 4.78 is 16.3. The molecule has 8 heteroatoms. The number of nitrogens with one attached hydrogen (secondary N) is 3. The summed E-state index contributed by atoms with van der Waals surface area (Å²) in [5, 5.41) is 9.20. The van der Waals surface area contributed by atoms with Gasteiger partial charge in [0.1, 0.15) is 5.60 Å². The summed E-state index contributed by atoms with van der Waals surface area (Å²) >= 11 is 5.26. The molecule has 0 heterocycles. The molecule has 1 aromatic carbocycles. The van der Waals surface area contributed by atoms with Gasteiger partial charge in [0.25, 0.3) is 0 Å². The van der Waals surface area contributed by atoms with Gasteiger partial charge in [0.05, 0.1) is 13.2 Å². The third-order valence-electron chi connectivity index (χ3n) is 2.88. The molecule has 3 N–H and O–H groups in total. The number of anilines is 1. The Bertz CT molecular complexity index is 603. The van der Waals surface area contributed by atoms with E-state index in [1.807, 2.05) is 52.8 Å². The molecular formula is C18H29N3O4S. The maximum Gasteiger partial charge on any atom is 0.407 e. The van der Waals surface area contributed by atoms with Crippen molar-refractivity contribution in [1.82, 2.24) is 10.6 Å². The minimum Gasteiger partial charge on any atom is -0.490 e. The van der Waals surface area contributed by atoms with E-state index in [1.165, 1.54) is 0 Å². The third kappa shape index (κ3) is 8.75. The van der Waals surface area contributed by atoms with Gasteiger partial charge in [-0.25, -0.2) is 4.79 Å². The Morgan fingerprint density at radius 2 is 1.65 bits per heavy atom. The maximum atomic E-state index is 11.5. The number of ether oxygens (including phenoxy) is 3. The molecule has 0 saturated carbocycles. The zero-order valence-electron chi connectivity index (χ0n) is 16.1. The summed E-state index contributed by atoms with van der Waals surface area (Å²) in [6, 6.07) is 5.53. The highest BCUT2D eigenvalue weighted by molar-refractivity contribution is 7.80. The van der Waals surface area contributed by atoms with E-state index in [9.17, 15) is 4.79 Å². The van der Waals surface area contributed by atoms with E-state index in [4.69, 9.17) is 26.4 Å². The number of thiocarbonyl (C=S) groups is 1. The van der Waals surface area contributed by atoms with Gasteiger partial charge in [-0.2, -0.15) is 0 Å². The molecule has 0 spiro atoms. The van der Waals surface area contributed by atoms with Gasteiger partial charge in [0.15, 0.2) is 16.6 Å². The molecule has 146 valence electrons. The van der Waals surface area contributed by atoms with Crippen LogP contribution in [0.2, 0.25) is 0 Å². The molecule has 1 rings (SSSR count). The number of rotatable bonds is 8. The van der Waals surface area contributed by atoms with Crippen LogP contribution in [0.5, 0.6) is 11.5 Å². The van der Waals surface area contributed by atoms with Gasteiger partial charge in [-0.05, 0) is 59.0 Å². The number of alkyl carbamates (subject to hydrolysis) is 1. The molecule has 0 aliphatic rings. The fraction of sp³-hybridized carbons (Fsp3) is 0.556. The van der Waals surface area contributed by atoms with Crippen molar-refractivity contribution in [2.45, 2.75) is 40.2 Å². The van der Waals surface area contributed by atoms with Gasteiger partial charge < -0.3 is 30.2 Å². The van der Waals surface area contributed by atoms with Gasteiger partial charge in [-0.1, -0.05) is 0 Å². The van der Waals surface area contributed by atoms with Crippen LogP contribution in [0.4, 0.5) is 10.5 Å².